The molecule has 1 aliphatic heterocycles. The Morgan fingerprint density at radius 1 is 1.10 bits per heavy atom. The van der Waals surface area contributed by atoms with E-state index in [-0.39, 0.29) is 6.04 Å². The Morgan fingerprint density at radius 2 is 1.90 bits per heavy atom. The fourth-order valence-electron chi connectivity index (χ4n) is 2.36. The second-order valence-electron chi connectivity index (χ2n) is 4.85. The number of benzene rings is 1. The molecule has 0 fully saturated rings. The molecule has 1 unspecified atom stereocenters. The third-order valence-corrected chi connectivity index (χ3v) is 3.36. The van der Waals surface area contributed by atoms with Crippen LogP contribution in [0.25, 0.3) is 0 Å². The van der Waals surface area contributed by atoms with Crippen LogP contribution in [0.15, 0.2) is 34.9 Å². The van der Waals surface area contributed by atoms with Gasteiger partial charge in [-0.2, -0.15) is 0 Å². The van der Waals surface area contributed by atoms with Gasteiger partial charge >= 0.3 is 0 Å². The van der Waals surface area contributed by atoms with Gasteiger partial charge in [0, 0.05) is 12.0 Å². The molecule has 3 N–H and O–H groups in total. The van der Waals surface area contributed by atoms with Crippen LogP contribution in [0, 0.1) is 6.92 Å². The fourth-order valence-corrected chi connectivity index (χ4v) is 2.36. The molecule has 0 amide bonds. The summed E-state index contributed by atoms with van der Waals surface area (Å²) in [5.41, 5.74) is 4.81. The van der Waals surface area contributed by atoms with Crippen LogP contribution < -0.4 is 20.7 Å². The van der Waals surface area contributed by atoms with Gasteiger partial charge in [0.25, 0.3) is 0 Å². The molecule has 1 aromatic heterocycles. The van der Waals surface area contributed by atoms with Crippen molar-refractivity contribution < 1.29 is 13.9 Å². The molecule has 0 radical (unpaired) electrons. The molecular formula is C15H18N2O3. The molecule has 0 bridgehead atoms. The number of hydrogen-bond donors (Lipinski definition) is 2. The van der Waals surface area contributed by atoms with Crippen LogP contribution in [0.4, 0.5) is 0 Å². The van der Waals surface area contributed by atoms with E-state index in [0.29, 0.717) is 13.2 Å². The Balaban J connectivity index is 1.94. The SMILES string of the molecule is Cc1cc(C(NN)c2ccc3c(c2)OCCCO3)co1. The fraction of sp³-hybridized carbons (Fsp3) is 0.333. The highest BCUT2D eigenvalue weighted by molar-refractivity contribution is 5.46. The molecule has 20 heavy (non-hydrogen) atoms. The Hall–Kier alpha value is -1.98. The molecule has 5 heteroatoms. The normalized spacial score (nSPS) is 15.7. The molecule has 1 atom stereocenters. The maximum atomic E-state index is 5.71. The molecule has 1 aliphatic rings. The summed E-state index contributed by atoms with van der Waals surface area (Å²) < 4.78 is 16.7. The minimum atomic E-state index is -0.135. The molecule has 0 spiro atoms. The Kier molecular flexibility index (Phi) is 3.62. The first-order valence-corrected chi connectivity index (χ1v) is 6.68. The number of aryl methyl sites for hydroxylation is 1. The quantitative estimate of drug-likeness (QED) is 0.664. The molecule has 5 nitrogen and oxygen atoms in total. The van der Waals surface area contributed by atoms with Crippen LogP contribution in [-0.2, 0) is 0 Å². The van der Waals surface area contributed by atoms with Crippen LogP contribution in [0.3, 0.4) is 0 Å². The summed E-state index contributed by atoms with van der Waals surface area (Å²) in [5, 5.41) is 0. The van der Waals surface area contributed by atoms with Gasteiger partial charge in [0.05, 0.1) is 25.5 Å². The zero-order valence-corrected chi connectivity index (χ0v) is 11.4. The summed E-state index contributed by atoms with van der Waals surface area (Å²) in [6.07, 6.45) is 2.60. The van der Waals surface area contributed by atoms with Crippen molar-refractivity contribution in [1.82, 2.24) is 5.43 Å². The van der Waals surface area contributed by atoms with E-state index in [2.05, 4.69) is 5.43 Å². The minimum Gasteiger partial charge on any atom is -0.490 e. The van der Waals surface area contributed by atoms with Gasteiger partial charge in [-0.15, -0.1) is 0 Å². The summed E-state index contributed by atoms with van der Waals surface area (Å²) in [4.78, 5) is 0. The third-order valence-electron chi connectivity index (χ3n) is 3.36. The maximum Gasteiger partial charge on any atom is 0.161 e. The number of rotatable bonds is 3. The topological polar surface area (TPSA) is 69.7 Å². The first-order valence-electron chi connectivity index (χ1n) is 6.68. The van der Waals surface area contributed by atoms with Gasteiger partial charge in [-0.1, -0.05) is 6.07 Å². The standard InChI is InChI=1S/C15H18N2O3/c1-10-7-12(9-20-10)15(17-16)11-3-4-13-14(8-11)19-6-2-5-18-13/h3-4,7-9,15,17H,2,5-6,16H2,1H3. The summed E-state index contributed by atoms with van der Waals surface area (Å²) in [6.45, 7) is 3.26. The van der Waals surface area contributed by atoms with Gasteiger partial charge in [-0.3, -0.25) is 5.84 Å². The molecule has 3 rings (SSSR count). The van der Waals surface area contributed by atoms with Crippen molar-refractivity contribution >= 4 is 0 Å². The van der Waals surface area contributed by atoms with Gasteiger partial charge in [-0.25, -0.2) is 5.43 Å². The van der Waals surface area contributed by atoms with Crippen LogP contribution in [-0.4, -0.2) is 13.2 Å². The summed E-state index contributed by atoms with van der Waals surface area (Å²) in [7, 11) is 0. The Morgan fingerprint density at radius 3 is 2.60 bits per heavy atom. The van der Waals surface area contributed by atoms with Gasteiger partial charge < -0.3 is 13.9 Å². The minimum absolute atomic E-state index is 0.135. The van der Waals surface area contributed by atoms with Crippen LogP contribution in [0.2, 0.25) is 0 Å². The van der Waals surface area contributed by atoms with Crippen LogP contribution in [0.1, 0.15) is 29.3 Å². The zero-order chi connectivity index (χ0) is 13.9. The predicted molar refractivity (Wildman–Crippen MR) is 74.7 cm³/mol. The maximum absolute atomic E-state index is 5.71. The lowest BCUT2D eigenvalue weighted by atomic mass is 10.0. The van der Waals surface area contributed by atoms with Crippen molar-refractivity contribution in [3.63, 3.8) is 0 Å². The van der Waals surface area contributed by atoms with E-state index < -0.39 is 0 Å². The largest absolute Gasteiger partial charge is 0.490 e. The lowest BCUT2D eigenvalue weighted by Crippen LogP contribution is -2.28. The molecule has 0 saturated carbocycles. The van der Waals surface area contributed by atoms with Crippen LogP contribution >= 0.6 is 0 Å². The molecule has 1 aromatic carbocycles. The van der Waals surface area contributed by atoms with Crippen molar-refractivity contribution in [3.8, 4) is 11.5 Å². The number of ether oxygens (including phenoxy) is 2. The number of fused-ring (bicyclic) bond motifs is 1. The lowest BCUT2D eigenvalue weighted by molar-refractivity contribution is 0.297. The van der Waals surface area contributed by atoms with Crippen molar-refractivity contribution in [1.29, 1.82) is 0 Å². The predicted octanol–water partition coefficient (Wildman–Crippen LogP) is 2.30. The smallest absolute Gasteiger partial charge is 0.161 e. The third kappa shape index (κ3) is 2.50. The van der Waals surface area contributed by atoms with Crippen molar-refractivity contribution in [2.45, 2.75) is 19.4 Å². The van der Waals surface area contributed by atoms with E-state index in [4.69, 9.17) is 19.7 Å². The molecule has 2 heterocycles. The summed E-state index contributed by atoms with van der Waals surface area (Å²) >= 11 is 0. The van der Waals surface area contributed by atoms with Gasteiger partial charge in [0.15, 0.2) is 11.5 Å². The lowest BCUT2D eigenvalue weighted by Gasteiger charge is -2.16. The van der Waals surface area contributed by atoms with Crippen molar-refractivity contribution in [3.05, 3.63) is 47.4 Å². The summed E-state index contributed by atoms with van der Waals surface area (Å²) in [5.74, 6) is 8.09. The number of hydrazine groups is 1. The Bertz CT molecular complexity index is 595. The first kappa shape index (κ1) is 13.0. The van der Waals surface area contributed by atoms with Crippen LogP contribution in [0.5, 0.6) is 11.5 Å². The number of nitrogens with one attached hydrogen (secondary N) is 1. The van der Waals surface area contributed by atoms with E-state index >= 15 is 0 Å². The number of hydrogen-bond acceptors (Lipinski definition) is 5. The van der Waals surface area contributed by atoms with Gasteiger partial charge in [0.2, 0.25) is 0 Å². The van der Waals surface area contributed by atoms with Gasteiger partial charge in [0.1, 0.15) is 5.76 Å². The van der Waals surface area contributed by atoms with E-state index in [1.807, 2.05) is 31.2 Å². The Labute approximate surface area is 117 Å². The highest BCUT2D eigenvalue weighted by Gasteiger charge is 2.18. The number of nitrogens with two attached hydrogens (primary N) is 1. The highest BCUT2D eigenvalue weighted by Crippen LogP contribution is 2.34. The van der Waals surface area contributed by atoms with Crippen molar-refractivity contribution in [2.75, 3.05) is 13.2 Å². The average Bonchev–Trinajstić information content (AvgIpc) is 2.75. The van der Waals surface area contributed by atoms with E-state index in [1.165, 1.54) is 0 Å². The van der Waals surface area contributed by atoms with E-state index in [0.717, 1.165) is 34.8 Å². The molecule has 0 aliphatic carbocycles. The van der Waals surface area contributed by atoms with E-state index in [1.54, 1.807) is 6.26 Å². The van der Waals surface area contributed by atoms with Gasteiger partial charge in [-0.05, 0) is 30.7 Å². The zero-order valence-electron chi connectivity index (χ0n) is 11.4. The second kappa shape index (κ2) is 5.56. The van der Waals surface area contributed by atoms with E-state index in [9.17, 15) is 0 Å². The highest BCUT2D eigenvalue weighted by atomic mass is 16.5. The average molecular weight is 274 g/mol. The number of furan rings is 1. The summed E-state index contributed by atoms with van der Waals surface area (Å²) in [6, 6.07) is 7.71. The molecule has 2 aromatic rings. The first-order chi connectivity index (χ1) is 9.78. The van der Waals surface area contributed by atoms with Crippen molar-refractivity contribution in [2.24, 2.45) is 5.84 Å². The second-order valence-corrected chi connectivity index (χ2v) is 4.85. The molecular weight excluding hydrogens is 256 g/mol. The monoisotopic (exact) mass is 274 g/mol. The molecule has 106 valence electrons. The molecule has 0 saturated heterocycles.